The number of carbonyl (C=O) groups is 1. The van der Waals surface area contributed by atoms with Gasteiger partial charge in [-0.2, -0.15) is 5.10 Å². The molecule has 0 spiro atoms. The zero-order valence-corrected chi connectivity index (χ0v) is 20.9. The number of phenols is 1. The molecule has 0 aliphatic carbocycles. The van der Waals surface area contributed by atoms with Crippen LogP contribution in [0.15, 0.2) is 24.3 Å². The summed E-state index contributed by atoms with van der Waals surface area (Å²) in [5.74, 6) is -1.28. The number of nitrogens with zero attached hydrogens (tertiary/aromatic N) is 3. The Morgan fingerprint density at radius 3 is 2.89 bits per heavy atom. The van der Waals surface area contributed by atoms with Crippen LogP contribution in [0, 0.1) is 11.6 Å². The summed E-state index contributed by atoms with van der Waals surface area (Å²) in [5, 5.41) is 20.5. The lowest BCUT2D eigenvalue weighted by Gasteiger charge is -2.29. The number of hydrogen-bond acceptors (Lipinski definition) is 6. The number of morpholine rings is 1. The zero-order chi connectivity index (χ0) is 26.4. The van der Waals surface area contributed by atoms with Crippen molar-refractivity contribution in [3.63, 3.8) is 0 Å². The molecule has 2 aliphatic rings. The normalized spacial score (nSPS) is 17.7. The number of aryl methyl sites for hydroxylation is 1. The Balaban J connectivity index is 1.27. The number of amides is 1. The quantitative estimate of drug-likeness (QED) is 0.319. The van der Waals surface area contributed by atoms with E-state index in [4.69, 9.17) is 4.74 Å². The molecule has 4 aromatic rings. The van der Waals surface area contributed by atoms with E-state index in [9.17, 15) is 14.3 Å². The highest BCUT2D eigenvalue weighted by Gasteiger charge is 2.28. The zero-order valence-electron chi connectivity index (χ0n) is 20.9. The molecule has 0 saturated carbocycles. The summed E-state index contributed by atoms with van der Waals surface area (Å²) in [6.45, 7) is 4.88. The monoisotopic (exact) mass is 522 g/mol. The Bertz CT molecular complexity index is 1530. The first-order valence-electron chi connectivity index (χ1n) is 12.8. The maximum absolute atomic E-state index is 15.5. The standard InChI is InChI=1S/C27H28F2N6O3/c1-2-14-9-23(36)18(28)11-17(14)15-7-19(29)25-21(8-15)33-34-26(25)27-31-20-3-5-35(13-22(20)32-27)24(37)10-16-12-30-4-6-38-16/h7-9,11,16,30,36H,2-6,10,12-13H2,1H3,(H,31,32)(H,33,34). The molecule has 4 N–H and O–H groups in total. The summed E-state index contributed by atoms with van der Waals surface area (Å²) in [7, 11) is 0. The van der Waals surface area contributed by atoms with Crippen molar-refractivity contribution in [2.45, 2.75) is 38.8 Å². The lowest BCUT2D eigenvalue weighted by Crippen LogP contribution is -2.43. The number of aromatic hydroxyl groups is 1. The van der Waals surface area contributed by atoms with E-state index in [1.807, 2.05) is 6.92 Å². The van der Waals surface area contributed by atoms with E-state index in [1.165, 1.54) is 18.2 Å². The van der Waals surface area contributed by atoms with Gasteiger partial charge in [0, 0.05) is 31.7 Å². The molecule has 11 heteroatoms. The van der Waals surface area contributed by atoms with Gasteiger partial charge in [0.25, 0.3) is 0 Å². The van der Waals surface area contributed by atoms with Crippen molar-refractivity contribution in [3.05, 3.63) is 52.9 Å². The lowest BCUT2D eigenvalue weighted by molar-refractivity contribution is -0.135. The molecule has 0 radical (unpaired) electrons. The van der Waals surface area contributed by atoms with Gasteiger partial charge in [-0.05, 0) is 47.4 Å². The van der Waals surface area contributed by atoms with Crippen LogP contribution < -0.4 is 5.32 Å². The van der Waals surface area contributed by atoms with Gasteiger partial charge in [-0.3, -0.25) is 9.89 Å². The Labute approximate surface area is 217 Å². The summed E-state index contributed by atoms with van der Waals surface area (Å²) < 4.78 is 35.3. The Morgan fingerprint density at radius 2 is 2.11 bits per heavy atom. The van der Waals surface area contributed by atoms with Gasteiger partial charge in [0.2, 0.25) is 5.91 Å². The van der Waals surface area contributed by atoms with Crippen LogP contribution in [-0.4, -0.2) is 68.4 Å². The molecule has 1 fully saturated rings. The largest absolute Gasteiger partial charge is 0.505 e. The molecular formula is C27H28F2N6O3. The molecule has 6 rings (SSSR count). The number of carbonyl (C=O) groups excluding carboxylic acids is 1. The van der Waals surface area contributed by atoms with E-state index >= 15 is 4.39 Å². The van der Waals surface area contributed by atoms with Gasteiger partial charge in [0.1, 0.15) is 11.5 Å². The minimum absolute atomic E-state index is 0.0230. The average Bonchev–Trinajstić information content (AvgIpc) is 3.54. The van der Waals surface area contributed by atoms with Crippen LogP contribution in [0.4, 0.5) is 8.78 Å². The van der Waals surface area contributed by atoms with Crippen molar-refractivity contribution < 1.29 is 23.4 Å². The highest BCUT2D eigenvalue weighted by molar-refractivity contribution is 5.94. The van der Waals surface area contributed by atoms with Gasteiger partial charge in [-0.25, -0.2) is 13.8 Å². The van der Waals surface area contributed by atoms with Gasteiger partial charge in [0.05, 0.1) is 42.3 Å². The number of halogens is 2. The van der Waals surface area contributed by atoms with E-state index < -0.39 is 17.4 Å². The molecule has 4 heterocycles. The van der Waals surface area contributed by atoms with Crippen LogP contribution in [0.2, 0.25) is 0 Å². The topological polar surface area (TPSA) is 119 Å². The number of H-pyrrole nitrogens is 2. The lowest BCUT2D eigenvalue weighted by atomic mass is 9.96. The van der Waals surface area contributed by atoms with E-state index in [1.54, 1.807) is 11.0 Å². The maximum Gasteiger partial charge on any atom is 0.225 e. The fraction of sp³-hybridized carbons (Fsp3) is 0.370. The molecule has 2 aromatic heterocycles. The Kier molecular flexibility index (Phi) is 6.32. The number of aromatic nitrogens is 4. The first kappa shape index (κ1) is 24.5. The third kappa shape index (κ3) is 4.41. The smallest absolute Gasteiger partial charge is 0.225 e. The maximum atomic E-state index is 15.5. The second kappa shape index (κ2) is 9.80. The second-order valence-corrected chi connectivity index (χ2v) is 9.74. The molecule has 2 aliphatic heterocycles. The molecule has 9 nitrogen and oxygen atoms in total. The predicted molar refractivity (Wildman–Crippen MR) is 136 cm³/mol. The van der Waals surface area contributed by atoms with Crippen LogP contribution >= 0.6 is 0 Å². The molecule has 1 amide bonds. The van der Waals surface area contributed by atoms with E-state index in [2.05, 4.69) is 25.5 Å². The number of nitrogens with one attached hydrogen (secondary N) is 3. The van der Waals surface area contributed by atoms with Crippen molar-refractivity contribution in [2.24, 2.45) is 0 Å². The third-order valence-corrected chi connectivity index (χ3v) is 7.30. The second-order valence-electron chi connectivity index (χ2n) is 9.74. The number of benzene rings is 2. The molecule has 198 valence electrons. The van der Waals surface area contributed by atoms with E-state index in [-0.39, 0.29) is 17.4 Å². The van der Waals surface area contributed by atoms with E-state index in [0.717, 1.165) is 17.9 Å². The van der Waals surface area contributed by atoms with Crippen molar-refractivity contribution >= 4 is 16.8 Å². The summed E-state index contributed by atoms with van der Waals surface area (Å²) in [6.07, 6.45) is 1.35. The highest BCUT2D eigenvalue weighted by Crippen LogP contribution is 2.35. The third-order valence-electron chi connectivity index (χ3n) is 7.30. The Hall–Kier alpha value is -3.83. The van der Waals surface area contributed by atoms with Crippen LogP contribution in [0.3, 0.4) is 0 Å². The fourth-order valence-electron chi connectivity index (χ4n) is 5.29. The minimum Gasteiger partial charge on any atom is -0.505 e. The van der Waals surface area contributed by atoms with Gasteiger partial charge < -0.3 is 25.0 Å². The van der Waals surface area contributed by atoms with Crippen molar-refractivity contribution in [3.8, 4) is 28.4 Å². The number of phenolic OH excluding ortho intramolecular Hbond substituents is 1. The number of imidazole rings is 1. The summed E-state index contributed by atoms with van der Waals surface area (Å²) in [5.41, 5.74) is 4.11. The van der Waals surface area contributed by atoms with Crippen molar-refractivity contribution in [2.75, 3.05) is 26.2 Å². The number of fused-ring (bicyclic) bond motifs is 2. The molecule has 2 aromatic carbocycles. The summed E-state index contributed by atoms with van der Waals surface area (Å²) in [4.78, 5) is 22.6. The summed E-state index contributed by atoms with van der Waals surface area (Å²) >= 11 is 0. The Morgan fingerprint density at radius 1 is 1.24 bits per heavy atom. The van der Waals surface area contributed by atoms with Crippen molar-refractivity contribution in [1.29, 1.82) is 0 Å². The SMILES string of the molecule is CCc1cc(O)c(F)cc1-c1cc(F)c2c(-c3nc4c([nH]3)CCN(C(=O)CC3CNCCO3)C4)n[nH]c2c1. The van der Waals surface area contributed by atoms with Crippen LogP contribution in [0.5, 0.6) is 5.75 Å². The molecule has 38 heavy (non-hydrogen) atoms. The van der Waals surface area contributed by atoms with Gasteiger partial charge in [0.15, 0.2) is 17.4 Å². The van der Waals surface area contributed by atoms with Crippen LogP contribution in [0.25, 0.3) is 33.5 Å². The molecule has 1 saturated heterocycles. The number of rotatable bonds is 5. The predicted octanol–water partition coefficient (Wildman–Crippen LogP) is 3.43. The fourth-order valence-corrected chi connectivity index (χ4v) is 5.29. The number of ether oxygens (including phenoxy) is 1. The summed E-state index contributed by atoms with van der Waals surface area (Å²) in [6, 6.07) is 5.64. The van der Waals surface area contributed by atoms with Crippen LogP contribution in [0.1, 0.15) is 30.3 Å². The number of hydrogen-bond donors (Lipinski definition) is 4. The number of aromatic amines is 2. The highest BCUT2D eigenvalue weighted by atomic mass is 19.1. The minimum atomic E-state index is -0.764. The van der Waals surface area contributed by atoms with Crippen LogP contribution in [-0.2, 0) is 28.9 Å². The molecular weight excluding hydrogens is 494 g/mol. The molecule has 1 atom stereocenters. The molecule has 0 bridgehead atoms. The van der Waals surface area contributed by atoms with Crippen molar-refractivity contribution in [1.82, 2.24) is 30.4 Å². The first-order chi connectivity index (χ1) is 18.4. The van der Waals surface area contributed by atoms with Gasteiger partial charge in [-0.15, -0.1) is 0 Å². The van der Waals surface area contributed by atoms with E-state index in [0.29, 0.717) is 79.2 Å². The molecule has 1 unspecified atom stereocenters. The van der Waals surface area contributed by atoms with Gasteiger partial charge >= 0.3 is 0 Å². The van der Waals surface area contributed by atoms with Gasteiger partial charge in [-0.1, -0.05) is 6.92 Å². The average molecular weight is 523 g/mol. The first-order valence-corrected chi connectivity index (χ1v) is 12.8.